The molecule has 5 nitrogen and oxygen atoms in total. The van der Waals surface area contributed by atoms with Gasteiger partial charge in [0.1, 0.15) is 11.6 Å². The third-order valence-electron chi connectivity index (χ3n) is 1.21. The van der Waals surface area contributed by atoms with Crippen LogP contribution in [0.3, 0.4) is 0 Å². The van der Waals surface area contributed by atoms with Gasteiger partial charge in [-0.2, -0.15) is 0 Å². The number of anilines is 1. The minimum Gasteiger partial charge on any atom is -0.383 e. The molecule has 1 rings (SSSR count). The number of nitrogens with two attached hydrogens (primary N) is 2. The number of aromatic amines is 1. The zero-order valence-corrected chi connectivity index (χ0v) is 6.16. The van der Waals surface area contributed by atoms with Gasteiger partial charge >= 0.3 is 0 Å². The summed E-state index contributed by atoms with van der Waals surface area (Å²) in [6.45, 7) is 1.72. The summed E-state index contributed by atoms with van der Waals surface area (Å²) in [7, 11) is 0. The summed E-state index contributed by atoms with van der Waals surface area (Å²) in [5.41, 5.74) is 10.5. The van der Waals surface area contributed by atoms with Gasteiger partial charge in [-0.15, -0.1) is 0 Å². The van der Waals surface area contributed by atoms with Gasteiger partial charge in [-0.1, -0.05) is 0 Å². The molecule has 60 valence electrons. The van der Waals surface area contributed by atoms with E-state index in [1.165, 1.54) is 6.07 Å². The van der Waals surface area contributed by atoms with Crippen LogP contribution in [0.5, 0.6) is 0 Å². The smallest absolute Gasteiger partial charge is 0.253 e. The van der Waals surface area contributed by atoms with Crippen LogP contribution in [-0.2, 0) is 0 Å². The maximum absolute atomic E-state index is 10.8. The number of nitrogen functional groups attached to an aromatic ring is 1. The first-order chi connectivity index (χ1) is 5.09. The predicted octanol–water partition coefficient (Wildman–Crippen LogP) is -0.628. The molecular formula is C6H10N4O. The van der Waals surface area contributed by atoms with E-state index in [1.807, 2.05) is 0 Å². The average molecular weight is 154 g/mol. The average Bonchev–Trinajstić information content (AvgIpc) is 1.85. The number of nitrogens with one attached hydrogen (secondary N) is 1. The second-order valence-electron chi connectivity index (χ2n) is 2.34. The number of H-pyrrole nitrogens is 1. The van der Waals surface area contributed by atoms with Crippen LogP contribution in [0.25, 0.3) is 0 Å². The number of hydrogen-bond donors (Lipinski definition) is 3. The number of rotatable bonds is 1. The molecule has 5 N–H and O–H groups in total. The Hall–Kier alpha value is -1.36. The highest BCUT2D eigenvalue weighted by Crippen LogP contribution is 2.00. The normalized spacial score (nSPS) is 12.9. The van der Waals surface area contributed by atoms with Crippen LogP contribution < -0.4 is 17.0 Å². The Morgan fingerprint density at radius 3 is 2.82 bits per heavy atom. The third kappa shape index (κ3) is 1.78. The molecule has 0 aliphatic rings. The van der Waals surface area contributed by atoms with Gasteiger partial charge in [-0.3, -0.25) is 4.79 Å². The van der Waals surface area contributed by atoms with Crippen LogP contribution in [0, 0.1) is 0 Å². The molecule has 1 atom stereocenters. The standard InChI is InChI=1S/C6H10N4O/c1-3(7)6-9-4(8)2-5(11)10-6/h2-3H,7H2,1H3,(H3,8,9,10,11). The van der Waals surface area contributed by atoms with Gasteiger partial charge < -0.3 is 16.5 Å². The molecular weight excluding hydrogens is 144 g/mol. The summed E-state index contributed by atoms with van der Waals surface area (Å²) in [5.74, 6) is 0.607. The fraction of sp³-hybridized carbons (Fsp3) is 0.333. The van der Waals surface area contributed by atoms with Crippen LogP contribution in [0.1, 0.15) is 18.8 Å². The van der Waals surface area contributed by atoms with Crippen molar-refractivity contribution in [2.75, 3.05) is 5.73 Å². The van der Waals surface area contributed by atoms with E-state index in [0.29, 0.717) is 5.82 Å². The van der Waals surface area contributed by atoms with Gasteiger partial charge in [0.15, 0.2) is 0 Å². The van der Waals surface area contributed by atoms with Crippen molar-refractivity contribution in [2.45, 2.75) is 13.0 Å². The van der Waals surface area contributed by atoms with Crippen molar-refractivity contribution in [3.05, 3.63) is 22.2 Å². The van der Waals surface area contributed by atoms with Gasteiger partial charge in [0.05, 0.1) is 6.04 Å². The lowest BCUT2D eigenvalue weighted by Gasteiger charge is -2.03. The van der Waals surface area contributed by atoms with Crippen molar-refractivity contribution in [3.63, 3.8) is 0 Å². The Kier molecular flexibility index (Phi) is 1.91. The fourth-order valence-corrected chi connectivity index (χ4v) is 0.712. The van der Waals surface area contributed by atoms with E-state index in [-0.39, 0.29) is 17.4 Å². The van der Waals surface area contributed by atoms with Crippen molar-refractivity contribution in [2.24, 2.45) is 5.73 Å². The molecule has 1 aromatic heterocycles. The lowest BCUT2D eigenvalue weighted by molar-refractivity contribution is 0.735. The molecule has 0 radical (unpaired) electrons. The summed E-state index contributed by atoms with van der Waals surface area (Å²) in [6, 6.07) is 0.914. The zero-order valence-electron chi connectivity index (χ0n) is 6.16. The van der Waals surface area contributed by atoms with Crippen molar-refractivity contribution >= 4 is 5.82 Å². The van der Waals surface area contributed by atoms with E-state index in [0.717, 1.165) is 0 Å². The molecule has 0 aliphatic carbocycles. The van der Waals surface area contributed by atoms with E-state index in [1.54, 1.807) is 6.92 Å². The van der Waals surface area contributed by atoms with Gasteiger partial charge in [-0.25, -0.2) is 4.98 Å². The van der Waals surface area contributed by atoms with Gasteiger partial charge in [-0.05, 0) is 6.92 Å². The Morgan fingerprint density at radius 2 is 2.36 bits per heavy atom. The van der Waals surface area contributed by atoms with Crippen LogP contribution in [-0.4, -0.2) is 9.97 Å². The molecule has 0 amide bonds. The first-order valence-electron chi connectivity index (χ1n) is 3.22. The Balaban J connectivity index is 3.19. The molecule has 0 fully saturated rings. The monoisotopic (exact) mass is 154 g/mol. The van der Waals surface area contributed by atoms with Crippen molar-refractivity contribution in [1.82, 2.24) is 9.97 Å². The molecule has 1 unspecified atom stereocenters. The van der Waals surface area contributed by atoms with E-state index in [2.05, 4.69) is 9.97 Å². The number of hydrogen-bond acceptors (Lipinski definition) is 4. The molecule has 0 aliphatic heterocycles. The van der Waals surface area contributed by atoms with Crippen LogP contribution in [0.15, 0.2) is 10.9 Å². The second-order valence-corrected chi connectivity index (χ2v) is 2.34. The molecule has 0 aromatic carbocycles. The van der Waals surface area contributed by atoms with E-state index >= 15 is 0 Å². The molecule has 11 heavy (non-hydrogen) atoms. The summed E-state index contributed by atoms with van der Waals surface area (Å²) in [4.78, 5) is 17.1. The topological polar surface area (TPSA) is 97.8 Å². The van der Waals surface area contributed by atoms with Crippen molar-refractivity contribution < 1.29 is 0 Å². The van der Waals surface area contributed by atoms with Crippen LogP contribution >= 0.6 is 0 Å². The molecule has 0 saturated heterocycles. The van der Waals surface area contributed by atoms with Crippen LogP contribution in [0.4, 0.5) is 5.82 Å². The maximum Gasteiger partial charge on any atom is 0.253 e. The molecule has 0 spiro atoms. The highest BCUT2D eigenvalue weighted by molar-refractivity contribution is 5.25. The second kappa shape index (κ2) is 2.71. The van der Waals surface area contributed by atoms with Gasteiger partial charge in [0.25, 0.3) is 5.56 Å². The van der Waals surface area contributed by atoms with E-state index < -0.39 is 0 Å². The minimum atomic E-state index is -0.300. The lowest BCUT2D eigenvalue weighted by Crippen LogP contribution is -2.18. The highest BCUT2D eigenvalue weighted by Gasteiger charge is 2.02. The number of nitrogens with zero attached hydrogens (tertiary/aromatic N) is 1. The van der Waals surface area contributed by atoms with Gasteiger partial charge in [0.2, 0.25) is 0 Å². The van der Waals surface area contributed by atoms with E-state index in [9.17, 15) is 4.79 Å². The predicted molar refractivity (Wildman–Crippen MR) is 41.9 cm³/mol. The fourth-order valence-electron chi connectivity index (χ4n) is 0.712. The van der Waals surface area contributed by atoms with E-state index in [4.69, 9.17) is 11.5 Å². The largest absolute Gasteiger partial charge is 0.383 e. The first kappa shape index (κ1) is 7.74. The van der Waals surface area contributed by atoms with Gasteiger partial charge in [0, 0.05) is 6.07 Å². The molecule has 0 saturated carbocycles. The number of aromatic nitrogens is 2. The summed E-state index contributed by atoms with van der Waals surface area (Å²) >= 11 is 0. The minimum absolute atomic E-state index is 0.195. The Labute approximate surface area is 63.4 Å². The maximum atomic E-state index is 10.8. The Morgan fingerprint density at radius 1 is 1.73 bits per heavy atom. The first-order valence-corrected chi connectivity index (χ1v) is 3.22. The molecule has 5 heteroatoms. The highest BCUT2D eigenvalue weighted by atomic mass is 16.1. The molecule has 1 heterocycles. The van der Waals surface area contributed by atoms with Crippen molar-refractivity contribution in [3.8, 4) is 0 Å². The molecule has 1 aromatic rings. The zero-order chi connectivity index (χ0) is 8.43. The summed E-state index contributed by atoms with van der Waals surface area (Å²) in [5, 5.41) is 0. The summed E-state index contributed by atoms with van der Waals surface area (Å²) in [6.07, 6.45) is 0. The SMILES string of the molecule is CC(N)c1nc(N)cc(=O)[nH]1. The van der Waals surface area contributed by atoms with Crippen molar-refractivity contribution in [1.29, 1.82) is 0 Å². The Bertz CT molecular complexity index is 304. The lowest BCUT2D eigenvalue weighted by atomic mass is 10.3. The third-order valence-corrected chi connectivity index (χ3v) is 1.21. The quantitative estimate of drug-likeness (QED) is 0.501. The van der Waals surface area contributed by atoms with Crippen LogP contribution in [0.2, 0.25) is 0 Å². The molecule has 0 bridgehead atoms. The summed E-state index contributed by atoms with van der Waals surface area (Å²) < 4.78 is 0.